The van der Waals surface area contributed by atoms with Crippen molar-refractivity contribution in [3.8, 4) is 0 Å². The van der Waals surface area contributed by atoms with Gasteiger partial charge in [-0.3, -0.25) is 0 Å². The Hall–Kier alpha value is 0.0138. The molecule has 0 aliphatic heterocycles. The number of rotatable bonds is 9. The average Bonchev–Trinajstić information content (AvgIpc) is 2.16. The predicted octanol–water partition coefficient (Wildman–Crippen LogP) is 1.04. The van der Waals surface area contributed by atoms with Gasteiger partial charge in [-0.05, 0) is 20.8 Å². The molecule has 0 saturated carbocycles. The van der Waals surface area contributed by atoms with Gasteiger partial charge in [0.25, 0.3) is 0 Å². The minimum Gasteiger partial charge on any atom is -0.392 e. The molecule has 0 aromatic carbocycles. The van der Waals surface area contributed by atoms with E-state index in [1.54, 1.807) is 5.70 Å². The summed E-state index contributed by atoms with van der Waals surface area (Å²) >= 11 is 0. The van der Waals surface area contributed by atoms with Gasteiger partial charge >= 0.3 is 9.05 Å². The van der Waals surface area contributed by atoms with E-state index in [-0.39, 0.29) is 9.76 Å². The third-order valence-corrected chi connectivity index (χ3v) is 5.09. The summed E-state index contributed by atoms with van der Waals surface area (Å²) < 4.78 is 21.9. The molecule has 0 amide bonds. The van der Waals surface area contributed by atoms with Gasteiger partial charge in [-0.15, -0.1) is 6.58 Å². The molecule has 4 nitrogen and oxygen atoms in total. The molecule has 14 heavy (non-hydrogen) atoms. The Kier molecular flexibility index (Phi) is 8.34. The fourth-order valence-corrected chi connectivity index (χ4v) is 4.07. The lowest BCUT2D eigenvalue weighted by Crippen LogP contribution is -2.50. The second kappa shape index (κ2) is 8.33. The predicted molar refractivity (Wildman–Crippen MR) is 59.1 cm³/mol. The first-order chi connectivity index (χ1) is 6.74. The molecule has 0 aromatic rings. The van der Waals surface area contributed by atoms with Crippen molar-refractivity contribution in [3.63, 3.8) is 0 Å². The van der Waals surface area contributed by atoms with Crippen LogP contribution in [-0.2, 0) is 17.4 Å². The van der Waals surface area contributed by atoms with Crippen LogP contribution in [0.1, 0.15) is 20.8 Å². The van der Waals surface area contributed by atoms with Crippen LogP contribution in [0, 0.1) is 0 Å². The molecular formula is C8H19O4Si2. The Bertz CT molecular complexity index is 137. The van der Waals surface area contributed by atoms with E-state index in [0.717, 1.165) is 0 Å². The van der Waals surface area contributed by atoms with Crippen LogP contribution in [0.4, 0.5) is 0 Å². The van der Waals surface area contributed by atoms with E-state index in [1.807, 2.05) is 20.8 Å². The number of hydrogen-bond donors (Lipinski definition) is 0. The SMILES string of the molecule is C=C[SiH]O[Si](OCC)(OCC)OCC. The summed E-state index contributed by atoms with van der Waals surface area (Å²) in [6.07, 6.45) is 0. The van der Waals surface area contributed by atoms with Crippen LogP contribution in [0.15, 0.2) is 12.3 Å². The molecule has 0 unspecified atom stereocenters. The molecular weight excluding hydrogens is 216 g/mol. The summed E-state index contributed by atoms with van der Waals surface area (Å²) in [6, 6.07) is 0. The van der Waals surface area contributed by atoms with E-state index in [4.69, 9.17) is 17.4 Å². The zero-order valence-electron chi connectivity index (χ0n) is 9.12. The van der Waals surface area contributed by atoms with Crippen LogP contribution in [0.3, 0.4) is 0 Å². The summed E-state index contributed by atoms with van der Waals surface area (Å²) in [7, 11) is -3.17. The monoisotopic (exact) mass is 235 g/mol. The van der Waals surface area contributed by atoms with E-state index in [1.165, 1.54) is 0 Å². The van der Waals surface area contributed by atoms with Crippen LogP contribution in [0.2, 0.25) is 0 Å². The summed E-state index contributed by atoms with van der Waals surface area (Å²) in [4.78, 5) is 0. The van der Waals surface area contributed by atoms with Crippen molar-refractivity contribution in [2.24, 2.45) is 0 Å². The lowest BCUT2D eigenvalue weighted by atomic mass is 10.9. The van der Waals surface area contributed by atoms with Crippen LogP contribution >= 0.6 is 0 Å². The Morgan fingerprint density at radius 3 is 1.79 bits per heavy atom. The minimum atomic E-state index is -2.85. The van der Waals surface area contributed by atoms with Crippen molar-refractivity contribution in [1.29, 1.82) is 0 Å². The summed E-state index contributed by atoms with van der Waals surface area (Å²) in [6.45, 7) is 10.9. The molecule has 0 heterocycles. The lowest BCUT2D eigenvalue weighted by molar-refractivity contribution is 0.0111. The first kappa shape index (κ1) is 14.0. The first-order valence-electron chi connectivity index (χ1n) is 4.78. The largest absolute Gasteiger partial charge is 0.668 e. The maximum atomic E-state index is 5.54. The second-order valence-corrected chi connectivity index (χ2v) is 5.84. The van der Waals surface area contributed by atoms with Crippen LogP contribution in [0.25, 0.3) is 0 Å². The maximum Gasteiger partial charge on any atom is 0.668 e. The van der Waals surface area contributed by atoms with Gasteiger partial charge in [0.1, 0.15) is 0 Å². The Labute approximate surface area is 89.6 Å². The molecule has 0 aromatic heterocycles. The molecule has 83 valence electrons. The van der Waals surface area contributed by atoms with Crippen LogP contribution < -0.4 is 0 Å². The summed E-state index contributed by atoms with van der Waals surface area (Å²) in [5, 5.41) is 0. The first-order valence-corrected chi connectivity index (χ1v) is 7.55. The number of hydrogen-bond acceptors (Lipinski definition) is 4. The quantitative estimate of drug-likeness (QED) is 0.560. The highest BCUT2D eigenvalue weighted by molar-refractivity contribution is 6.61. The Balaban J connectivity index is 4.28. The van der Waals surface area contributed by atoms with Gasteiger partial charge in [-0.25, -0.2) is 0 Å². The van der Waals surface area contributed by atoms with Crippen molar-refractivity contribution in [2.75, 3.05) is 19.8 Å². The Morgan fingerprint density at radius 1 is 1.07 bits per heavy atom. The van der Waals surface area contributed by atoms with E-state index >= 15 is 0 Å². The highest BCUT2D eigenvalue weighted by Crippen LogP contribution is 2.10. The molecule has 0 aliphatic carbocycles. The van der Waals surface area contributed by atoms with Crippen molar-refractivity contribution in [3.05, 3.63) is 12.3 Å². The minimum absolute atomic E-state index is 0.323. The molecule has 0 fully saturated rings. The summed E-state index contributed by atoms with van der Waals surface area (Å²) in [5.41, 5.74) is 1.73. The average molecular weight is 235 g/mol. The summed E-state index contributed by atoms with van der Waals surface area (Å²) in [5.74, 6) is 0. The smallest absolute Gasteiger partial charge is 0.392 e. The molecule has 0 rings (SSSR count). The van der Waals surface area contributed by atoms with Crippen LogP contribution in [-0.4, -0.2) is 38.6 Å². The van der Waals surface area contributed by atoms with Gasteiger partial charge in [0.05, 0.1) is 0 Å². The molecule has 0 N–H and O–H groups in total. The second-order valence-electron chi connectivity index (χ2n) is 2.29. The van der Waals surface area contributed by atoms with E-state index < -0.39 is 9.05 Å². The van der Waals surface area contributed by atoms with Gasteiger partial charge < -0.3 is 17.4 Å². The zero-order valence-corrected chi connectivity index (χ0v) is 11.3. The molecule has 0 spiro atoms. The van der Waals surface area contributed by atoms with E-state index in [9.17, 15) is 0 Å². The third kappa shape index (κ3) is 5.03. The maximum absolute atomic E-state index is 5.54. The van der Waals surface area contributed by atoms with Crippen molar-refractivity contribution < 1.29 is 17.4 Å². The van der Waals surface area contributed by atoms with E-state index in [0.29, 0.717) is 19.8 Å². The van der Waals surface area contributed by atoms with Crippen molar-refractivity contribution in [1.82, 2.24) is 0 Å². The Morgan fingerprint density at radius 2 is 1.50 bits per heavy atom. The molecule has 0 saturated heterocycles. The highest BCUT2D eigenvalue weighted by atomic mass is 28.4. The van der Waals surface area contributed by atoms with E-state index in [2.05, 4.69) is 6.58 Å². The normalized spacial score (nSPS) is 11.6. The van der Waals surface area contributed by atoms with Crippen molar-refractivity contribution in [2.45, 2.75) is 20.8 Å². The molecule has 0 bridgehead atoms. The molecule has 6 heteroatoms. The zero-order chi connectivity index (χ0) is 10.9. The lowest BCUT2D eigenvalue weighted by Gasteiger charge is -2.26. The fraction of sp³-hybridized carbons (Fsp3) is 0.750. The molecule has 1 radical (unpaired) electrons. The molecule has 0 aliphatic rings. The van der Waals surface area contributed by atoms with Gasteiger partial charge in [-0.2, -0.15) is 0 Å². The fourth-order valence-electron chi connectivity index (χ4n) is 0.889. The molecule has 0 atom stereocenters. The van der Waals surface area contributed by atoms with Gasteiger partial charge in [0, 0.05) is 19.8 Å². The highest BCUT2D eigenvalue weighted by Gasteiger charge is 2.43. The van der Waals surface area contributed by atoms with Gasteiger partial charge in [-0.1, -0.05) is 5.70 Å². The van der Waals surface area contributed by atoms with Gasteiger partial charge in [0.2, 0.25) is 9.76 Å². The topological polar surface area (TPSA) is 36.9 Å². The van der Waals surface area contributed by atoms with Gasteiger partial charge in [0.15, 0.2) is 0 Å². The third-order valence-electron chi connectivity index (χ3n) is 1.27. The van der Waals surface area contributed by atoms with Crippen LogP contribution in [0.5, 0.6) is 0 Å². The standard InChI is InChI=1S/C8H19O4Si2/c1-5-9-14(10-6-2,11-7-3)12-13-8-4/h8,13H,4-7H2,1-3H3. The van der Waals surface area contributed by atoms with Crippen molar-refractivity contribution >= 4 is 18.8 Å².